The summed E-state index contributed by atoms with van der Waals surface area (Å²) < 4.78 is 1.89. The predicted octanol–water partition coefficient (Wildman–Crippen LogP) is 2.66. The molecule has 4 heteroatoms. The van der Waals surface area contributed by atoms with E-state index in [1.54, 1.807) is 0 Å². The van der Waals surface area contributed by atoms with Crippen molar-refractivity contribution in [2.24, 2.45) is 18.4 Å². The standard InChI is InChI=1S/C17H32N4/c1-5-18-13-17(8-6-15(2)7-9-17)14-20(3)11-16-10-19-21(4)12-16/h10,12,15,18H,5-9,11,13-14H2,1-4H3. The summed E-state index contributed by atoms with van der Waals surface area (Å²) in [6, 6.07) is 0. The number of aromatic nitrogens is 2. The normalized spacial score (nSPS) is 26.4. The molecule has 0 atom stereocenters. The van der Waals surface area contributed by atoms with Crippen LogP contribution in [0.4, 0.5) is 0 Å². The molecule has 0 spiro atoms. The summed E-state index contributed by atoms with van der Waals surface area (Å²) >= 11 is 0. The first-order valence-electron chi connectivity index (χ1n) is 8.40. The minimum absolute atomic E-state index is 0.458. The van der Waals surface area contributed by atoms with Crippen molar-refractivity contribution in [1.82, 2.24) is 20.0 Å². The van der Waals surface area contributed by atoms with Crippen LogP contribution >= 0.6 is 0 Å². The van der Waals surface area contributed by atoms with Crippen LogP contribution in [0.3, 0.4) is 0 Å². The molecule has 1 saturated carbocycles. The molecule has 0 radical (unpaired) electrons. The molecular weight excluding hydrogens is 260 g/mol. The molecule has 21 heavy (non-hydrogen) atoms. The molecule has 1 heterocycles. The van der Waals surface area contributed by atoms with Crippen molar-refractivity contribution < 1.29 is 0 Å². The molecule has 1 aromatic rings. The predicted molar refractivity (Wildman–Crippen MR) is 88.2 cm³/mol. The Labute approximate surface area is 129 Å². The fourth-order valence-corrected chi connectivity index (χ4v) is 3.65. The lowest BCUT2D eigenvalue weighted by atomic mass is 9.70. The molecule has 2 rings (SSSR count). The van der Waals surface area contributed by atoms with Crippen molar-refractivity contribution in [2.45, 2.75) is 46.1 Å². The molecule has 120 valence electrons. The van der Waals surface area contributed by atoms with Crippen molar-refractivity contribution in [3.8, 4) is 0 Å². The van der Waals surface area contributed by atoms with Crippen LogP contribution in [0.25, 0.3) is 0 Å². The average molecular weight is 292 g/mol. The van der Waals surface area contributed by atoms with Gasteiger partial charge in [-0.3, -0.25) is 4.68 Å². The highest BCUT2D eigenvalue weighted by molar-refractivity contribution is 5.03. The van der Waals surface area contributed by atoms with E-state index in [4.69, 9.17) is 0 Å². The van der Waals surface area contributed by atoms with Crippen molar-refractivity contribution in [3.05, 3.63) is 18.0 Å². The summed E-state index contributed by atoms with van der Waals surface area (Å²) in [4.78, 5) is 2.48. The number of aryl methyl sites for hydroxylation is 1. The first-order chi connectivity index (χ1) is 10.0. The first-order valence-corrected chi connectivity index (χ1v) is 8.40. The van der Waals surface area contributed by atoms with E-state index in [1.807, 2.05) is 17.9 Å². The van der Waals surface area contributed by atoms with E-state index in [9.17, 15) is 0 Å². The van der Waals surface area contributed by atoms with Gasteiger partial charge in [0, 0.05) is 38.4 Å². The molecule has 0 amide bonds. The van der Waals surface area contributed by atoms with E-state index < -0.39 is 0 Å². The maximum absolute atomic E-state index is 4.27. The maximum atomic E-state index is 4.27. The van der Waals surface area contributed by atoms with Gasteiger partial charge in [0.1, 0.15) is 0 Å². The van der Waals surface area contributed by atoms with E-state index >= 15 is 0 Å². The number of nitrogens with one attached hydrogen (secondary N) is 1. The third-order valence-corrected chi connectivity index (χ3v) is 4.90. The Morgan fingerprint density at radius 3 is 2.71 bits per heavy atom. The zero-order valence-electron chi connectivity index (χ0n) is 14.2. The van der Waals surface area contributed by atoms with Crippen LogP contribution in [0.5, 0.6) is 0 Å². The number of nitrogens with zero attached hydrogens (tertiary/aromatic N) is 3. The molecule has 0 saturated heterocycles. The molecule has 4 nitrogen and oxygen atoms in total. The van der Waals surface area contributed by atoms with Crippen molar-refractivity contribution >= 4 is 0 Å². The third kappa shape index (κ3) is 4.82. The second kappa shape index (κ2) is 7.41. The van der Waals surface area contributed by atoms with E-state index in [-0.39, 0.29) is 0 Å². The minimum atomic E-state index is 0.458. The Hall–Kier alpha value is -0.870. The SMILES string of the molecule is CCNCC1(CN(C)Cc2cnn(C)c2)CCC(C)CC1. The van der Waals surface area contributed by atoms with Crippen LogP contribution in [0, 0.1) is 11.3 Å². The second-order valence-electron chi connectivity index (χ2n) is 7.16. The molecule has 1 aliphatic rings. The van der Waals surface area contributed by atoms with Gasteiger partial charge in [0.2, 0.25) is 0 Å². The lowest BCUT2D eigenvalue weighted by Crippen LogP contribution is -2.45. The van der Waals surface area contributed by atoms with Crippen LogP contribution in [0.1, 0.15) is 45.1 Å². The molecule has 1 aliphatic carbocycles. The van der Waals surface area contributed by atoms with Crippen molar-refractivity contribution in [2.75, 3.05) is 26.7 Å². The zero-order chi connectivity index (χ0) is 15.3. The van der Waals surface area contributed by atoms with Gasteiger partial charge in [0.05, 0.1) is 6.20 Å². The lowest BCUT2D eigenvalue weighted by molar-refractivity contribution is 0.0964. The summed E-state index contributed by atoms with van der Waals surface area (Å²) in [5.74, 6) is 0.906. The highest BCUT2D eigenvalue weighted by atomic mass is 15.2. The van der Waals surface area contributed by atoms with E-state index in [1.165, 1.54) is 37.8 Å². The van der Waals surface area contributed by atoms with Gasteiger partial charge in [-0.25, -0.2) is 0 Å². The quantitative estimate of drug-likeness (QED) is 0.839. The van der Waals surface area contributed by atoms with Gasteiger partial charge < -0.3 is 10.2 Å². The average Bonchev–Trinajstić information content (AvgIpc) is 2.85. The lowest BCUT2D eigenvalue weighted by Gasteiger charge is -2.42. The van der Waals surface area contributed by atoms with Gasteiger partial charge in [-0.05, 0) is 37.8 Å². The summed E-state index contributed by atoms with van der Waals surface area (Å²) in [5, 5.41) is 7.87. The Kier molecular flexibility index (Phi) is 5.82. The third-order valence-electron chi connectivity index (χ3n) is 4.90. The van der Waals surface area contributed by atoms with Crippen molar-refractivity contribution in [1.29, 1.82) is 0 Å². The first kappa shape index (κ1) is 16.5. The van der Waals surface area contributed by atoms with E-state index in [2.05, 4.69) is 42.4 Å². The molecule has 0 unspecified atom stereocenters. The smallest absolute Gasteiger partial charge is 0.0534 e. The highest BCUT2D eigenvalue weighted by Gasteiger charge is 2.34. The summed E-state index contributed by atoms with van der Waals surface area (Å²) in [5.41, 5.74) is 1.77. The highest BCUT2D eigenvalue weighted by Crippen LogP contribution is 2.39. The molecule has 1 N–H and O–H groups in total. The summed E-state index contributed by atoms with van der Waals surface area (Å²) in [7, 11) is 4.23. The second-order valence-corrected chi connectivity index (χ2v) is 7.16. The molecular formula is C17H32N4. The fourth-order valence-electron chi connectivity index (χ4n) is 3.65. The van der Waals surface area contributed by atoms with Gasteiger partial charge >= 0.3 is 0 Å². The van der Waals surface area contributed by atoms with Crippen LogP contribution in [-0.2, 0) is 13.6 Å². The van der Waals surface area contributed by atoms with Gasteiger partial charge in [-0.15, -0.1) is 0 Å². The van der Waals surface area contributed by atoms with E-state index in [0.717, 1.165) is 25.6 Å². The Bertz CT molecular complexity index is 413. The fraction of sp³-hybridized carbons (Fsp3) is 0.824. The van der Waals surface area contributed by atoms with E-state index in [0.29, 0.717) is 5.41 Å². The summed E-state index contributed by atoms with van der Waals surface area (Å²) in [6.45, 7) is 9.02. The van der Waals surface area contributed by atoms with Gasteiger partial charge in [-0.1, -0.05) is 26.7 Å². The van der Waals surface area contributed by atoms with Gasteiger partial charge in [0.15, 0.2) is 0 Å². The molecule has 0 bridgehead atoms. The topological polar surface area (TPSA) is 33.1 Å². The van der Waals surface area contributed by atoms with Crippen LogP contribution in [0.2, 0.25) is 0 Å². The van der Waals surface area contributed by atoms with Crippen LogP contribution < -0.4 is 5.32 Å². The van der Waals surface area contributed by atoms with Gasteiger partial charge in [-0.2, -0.15) is 5.10 Å². The number of hydrogen-bond acceptors (Lipinski definition) is 3. The minimum Gasteiger partial charge on any atom is -0.316 e. The summed E-state index contributed by atoms with van der Waals surface area (Å²) in [6.07, 6.45) is 9.59. The zero-order valence-corrected chi connectivity index (χ0v) is 14.2. The number of rotatable bonds is 7. The Balaban J connectivity index is 1.93. The Morgan fingerprint density at radius 2 is 2.14 bits per heavy atom. The molecule has 0 aromatic carbocycles. The van der Waals surface area contributed by atoms with Gasteiger partial charge in [0.25, 0.3) is 0 Å². The van der Waals surface area contributed by atoms with Crippen LogP contribution in [0.15, 0.2) is 12.4 Å². The largest absolute Gasteiger partial charge is 0.316 e. The number of hydrogen-bond donors (Lipinski definition) is 1. The monoisotopic (exact) mass is 292 g/mol. The molecule has 0 aliphatic heterocycles. The molecule has 1 fully saturated rings. The van der Waals surface area contributed by atoms with Crippen molar-refractivity contribution in [3.63, 3.8) is 0 Å². The Morgan fingerprint density at radius 1 is 1.43 bits per heavy atom. The maximum Gasteiger partial charge on any atom is 0.0534 e. The van der Waals surface area contributed by atoms with Crippen LogP contribution in [-0.4, -0.2) is 41.4 Å². The molecule has 1 aromatic heterocycles.